The van der Waals surface area contributed by atoms with Crippen molar-refractivity contribution in [2.45, 2.75) is 64.6 Å². The molecule has 0 bridgehead atoms. The van der Waals surface area contributed by atoms with Gasteiger partial charge in [-0.25, -0.2) is 10.3 Å². The summed E-state index contributed by atoms with van der Waals surface area (Å²) in [4.78, 5) is 65.5. The molecule has 206 valence electrons. The van der Waals surface area contributed by atoms with Crippen LogP contribution >= 0.6 is 12.6 Å². The quantitative estimate of drug-likeness (QED) is 0.0876. The van der Waals surface area contributed by atoms with Crippen LogP contribution < -0.4 is 32.5 Å². The summed E-state index contributed by atoms with van der Waals surface area (Å²) in [5.74, 6) is -1.61. The molecule has 12 nitrogen and oxygen atoms in total. The smallest absolute Gasteiger partial charge is 0.312 e. The van der Waals surface area contributed by atoms with Gasteiger partial charge in [0.05, 0.1) is 6.61 Å². The molecule has 1 aromatic rings. The van der Waals surface area contributed by atoms with E-state index in [2.05, 4.69) is 39.4 Å². The lowest BCUT2D eigenvalue weighted by Gasteiger charge is -2.25. The highest BCUT2D eigenvalue weighted by atomic mass is 32.1. The topological polar surface area (TPSA) is 181 Å². The fraction of sp³-hybridized carbons (Fsp3) is 0.542. The first-order valence-corrected chi connectivity index (χ1v) is 12.5. The van der Waals surface area contributed by atoms with Gasteiger partial charge in [-0.2, -0.15) is 0 Å². The number of benzene rings is 1. The van der Waals surface area contributed by atoms with Gasteiger partial charge in [-0.1, -0.05) is 26.0 Å². The number of nitrogens with two attached hydrogens (primary N) is 1. The van der Waals surface area contributed by atoms with Crippen molar-refractivity contribution in [3.63, 3.8) is 0 Å². The number of thiol groups is 1. The lowest BCUT2D eigenvalue weighted by atomic mass is 10.0. The molecule has 37 heavy (non-hydrogen) atoms. The van der Waals surface area contributed by atoms with E-state index in [1.165, 1.54) is 0 Å². The molecule has 0 spiro atoms. The second kappa shape index (κ2) is 17.3. The van der Waals surface area contributed by atoms with E-state index in [1.807, 2.05) is 0 Å². The van der Waals surface area contributed by atoms with Crippen molar-refractivity contribution in [1.82, 2.24) is 21.4 Å². The van der Waals surface area contributed by atoms with Crippen molar-refractivity contribution < 1.29 is 28.8 Å². The Balaban J connectivity index is 2.87. The number of amides is 5. The van der Waals surface area contributed by atoms with Crippen molar-refractivity contribution in [2.24, 2.45) is 11.7 Å². The van der Waals surface area contributed by atoms with Crippen LogP contribution in [0.4, 0.5) is 10.5 Å². The van der Waals surface area contributed by atoms with Gasteiger partial charge < -0.3 is 27.0 Å². The van der Waals surface area contributed by atoms with Crippen LogP contribution in [-0.4, -0.2) is 54.5 Å². The molecule has 0 saturated heterocycles. The summed E-state index contributed by atoms with van der Waals surface area (Å²) in [5, 5.41) is 10.3. The molecular weight excluding hydrogens is 500 g/mol. The Morgan fingerprint density at radius 1 is 0.973 bits per heavy atom. The van der Waals surface area contributed by atoms with Crippen LogP contribution in [-0.2, 0) is 30.6 Å². The number of hydrogen-bond donors (Lipinski definition) is 7. The second-order valence-corrected chi connectivity index (χ2v) is 9.21. The monoisotopic (exact) mass is 538 g/mol. The third-order valence-corrected chi connectivity index (χ3v) is 5.49. The summed E-state index contributed by atoms with van der Waals surface area (Å²) in [6.07, 6.45) is 1.13. The minimum Gasteiger partial charge on any atom is -0.352 e. The molecule has 0 fully saturated rings. The first kappa shape index (κ1) is 31.9. The maximum Gasteiger partial charge on any atom is 0.312 e. The maximum atomic E-state index is 13.1. The zero-order valence-electron chi connectivity index (χ0n) is 21.5. The standard InChI is InChI=1S/C24H38N6O6S/c1-15(2)21(30-19(31)7-4-8-20(32)37)23(34)29-18(6-5-13-27-24(25)35)22(33)28-17-11-9-16(10-12-17)14-36-26-3/h9-12,15,18,21,26H,4-8,13-14H2,1-3H3,(H,28,33)(H,29,34)(H,30,31)(H,32,37)(H3,25,27,35). The number of hydroxylamine groups is 1. The normalized spacial score (nSPS) is 12.4. The van der Waals surface area contributed by atoms with Crippen LogP contribution in [0.1, 0.15) is 51.5 Å². The molecule has 5 amide bonds. The van der Waals surface area contributed by atoms with Gasteiger partial charge in [0.1, 0.15) is 12.1 Å². The summed E-state index contributed by atoms with van der Waals surface area (Å²) in [5.41, 5.74) is 9.09. The van der Waals surface area contributed by atoms with Crippen LogP contribution in [0.25, 0.3) is 0 Å². The average molecular weight is 539 g/mol. The van der Waals surface area contributed by atoms with Crippen molar-refractivity contribution in [3.05, 3.63) is 29.8 Å². The molecule has 2 unspecified atom stereocenters. The number of hydrogen-bond acceptors (Lipinski definition) is 7. The van der Waals surface area contributed by atoms with Gasteiger partial charge in [0, 0.05) is 32.1 Å². The molecule has 0 heterocycles. The summed E-state index contributed by atoms with van der Waals surface area (Å²) in [6, 6.07) is 4.51. The Kier molecular flexibility index (Phi) is 14.9. The van der Waals surface area contributed by atoms with E-state index in [4.69, 9.17) is 10.6 Å². The Labute approximate surface area is 222 Å². The number of carbonyl (C=O) groups excluding carboxylic acids is 5. The molecule has 7 N–H and O–H groups in total. The van der Waals surface area contributed by atoms with E-state index in [0.29, 0.717) is 25.1 Å². The lowest BCUT2D eigenvalue weighted by Crippen LogP contribution is -2.54. The third kappa shape index (κ3) is 13.6. The molecule has 2 atom stereocenters. The number of primary amides is 1. The summed E-state index contributed by atoms with van der Waals surface area (Å²) < 4.78 is 0. The van der Waals surface area contributed by atoms with Gasteiger partial charge in [-0.15, -0.1) is 12.6 Å². The van der Waals surface area contributed by atoms with Crippen molar-refractivity contribution >= 4 is 47.2 Å². The van der Waals surface area contributed by atoms with Crippen molar-refractivity contribution in [2.75, 3.05) is 18.9 Å². The van der Waals surface area contributed by atoms with Gasteiger partial charge in [0.25, 0.3) is 0 Å². The molecule has 1 aromatic carbocycles. The number of anilines is 1. The minimum atomic E-state index is -0.936. The van der Waals surface area contributed by atoms with E-state index in [9.17, 15) is 24.0 Å². The van der Waals surface area contributed by atoms with E-state index >= 15 is 0 Å². The number of rotatable bonds is 17. The highest BCUT2D eigenvalue weighted by Gasteiger charge is 2.28. The van der Waals surface area contributed by atoms with E-state index < -0.39 is 29.9 Å². The Morgan fingerprint density at radius 2 is 1.65 bits per heavy atom. The van der Waals surface area contributed by atoms with Crippen LogP contribution in [0.15, 0.2) is 24.3 Å². The van der Waals surface area contributed by atoms with Crippen LogP contribution in [0.2, 0.25) is 0 Å². The van der Waals surface area contributed by atoms with Crippen LogP contribution in [0, 0.1) is 5.92 Å². The second-order valence-electron chi connectivity index (χ2n) is 8.71. The molecule has 0 aromatic heterocycles. The van der Waals surface area contributed by atoms with Gasteiger partial charge in [-0.05, 0) is 42.9 Å². The fourth-order valence-corrected chi connectivity index (χ4v) is 3.46. The Hall–Kier alpha value is -3.16. The largest absolute Gasteiger partial charge is 0.352 e. The first-order valence-electron chi connectivity index (χ1n) is 12.1. The van der Waals surface area contributed by atoms with Gasteiger partial charge in [0.2, 0.25) is 17.7 Å². The Morgan fingerprint density at radius 3 is 2.22 bits per heavy atom. The maximum absolute atomic E-state index is 13.1. The zero-order chi connectivity index (χ0) is 27.8. The summed E-state index contributed by atoms with van der Waals surface area (Å²) in [7, 11) is 1.66. The van der Waals surface area contributed by atoms with E-state index in [-0.39, 0.29) is 42.7 Å². The minimum absolute atomic E-state index is 0.0703. The van der Waals surface area contributed by atoms with Gasteiger partial charge >= 0.3 is 6.03 Å². The van der Waals surface area contributed by atoms with Gasteiger partial charge in [0.15, 0.2) is 5.12 Å². The highest BCUT2D eigenvalue weighted by Crippen LogP contribution is 2.12. The first-order chi connectivity index (χ1) is 17.5. The molecule has 13 heteroatoms. The molecule has 0 aliphatic carbocycles. The molecule has 1 rings (SSSR count). The van der Waals surface area contributed by atoms with E-state index in [0.717, 1.165) is 5.56 Å². The van der Waals surface area contributed by atoms with Crippen LogP contribution in [0.5, 0.6) is 0 Å². The SMILES string of the molecule is CNOCc1ccc(NC(=O)C(CCCNC(N)=O)NC(=O)C(NC(=O)CCCC(=O)S)C(C)C)cc1. The lowest BCUT2D eigenvalue weighted by molar-refractivity contribution is -0.132. The number of nitrogens with one attached hydrogen (secondary N) is 5. The summed E-state index contributed by atoms with van der Waals surface area (Å²) in [6.45, 7) is 4.12. The predicted molar refractivity (Wildman–Crippen MR) is 142 cm³/mol. The van der Waals surface area contributed by atoms with Crippen LogP contribution in [0.3, 0.4) is 0 Å². The van der Waals surface area contributed by atoms with Crippen molar-refractivity contribution in [1.29, 1.82) is 0 Å². The number of urea groups is 1. The molecule has 0 saturated carbocycles. The predicted octanol–water partition coefficient (Wildman–Crippen LogP) is 0.977. The Bertz CT molecular complexity index is 911. The van der Waals surface area contributed by atoms with Gasteiger partial charge in [-0.3, -0.25) is 24.0 Å². The van der Waals surface area contributed by atoms with E-state index in [1.54, 1.807) is 45.2 Å². The molecule has 0 aliphatic heterocycles. The molecular formula is C24H38N6O6S. The fourth-order valence-electron chi connectivity index (χ4n) is 3.30. The summed E-state index contributed by atoms with van der Waals surface area (Å²) >= 11 is 3.68. The number of carbonyl (C=O) groups is 5. The van der Waals surface area contributed by atoms with Crippen molar-refractivity contribution in [3.8, 4) is 0 Å². The molecule has 0 aliphatic rings. The average Bonchev–Trinajstić information content (AvgIpc) is 2.83. The zero-order valence-corrected chi connectivity index (χ0v) is 22.4. The molecule has 0 radical (unpaired) electrons. The third-order valence-electron chi connectivity index (χ3n) is 5.27. The highest BCUT2D eigenvalue weighted by molar-refractivity contribution is 7.96.